The lowest BCUT2D eigenvalue weighted by molar-refractivity contribution is 0.252. The van der Waals surface area contributed by atoms with Crippen LogP contribution in [0.15, 0.2) is 12.3 Å². The molecule has 4 nitrogen and oxygen atoms in total. The summed E-state index contributed by atoms with van der Waals surface area (Å²) >= 11 is 0. The molecule has 1 aromatic heterocycles. The monoisotopic (exact) mass is 193 g/mol. The highest BCUT2D eigenvalue weighted by atomic mass is 16.2. The molecule has 1 aromatic rings. The standard InChI is InChI=1S/C10H15N3O/c1-4-11-10(14)13-9-5-7(2)8(3)6-12-9/h5-6H,4H2,1-3H3,(H2,11,12,13,14). The van der Waals surface area contributed by atoms with Gasteiger partial charge in [-0.15, -0.1) is 0 Å². The van der Waals surface area contributed by atoms with E-state index in [9.17, 15) is 4.79 Å². The van der Waals surface area contributed by atoms with Gasteiger partial charge in [-0.05, 0) is 38.0 Å². The third-order valence-corrected chi connectivity index (χ3v) is 1.95. The quantitative estimate of drug-likeness (QED) is 0.753. The van der Waals surface area contributed by atoms with Gasteiger partial charge < -0.3 is 5.32 Å². The first-order chi connectivity index (χ1) is 6.63. The van der Waals surface area contributed by atoms with Crippen LogP contribution in [-0.2, 0) is 0 Å². The molecule has 0 atom stereocenters. The number of hydrogen-bond acceptors (Lipinski definition) is 2. The zero-order chi connectivity index (χ0) is 10.6. The summed E-state index contributed by atoms with van der Waals surface area (Å²) in [6.45, 7) is 6.45. The number of anilines is 1. The lowest BCUT2D eigenvalue weighted by atomic mass is 10.2. The van der Waals surface area contributed by atoms with Crippen LogP contribution >= 0.6 is 0 Å². The van der Waals surface area contributed by atoms with Gasteiger partial charge in [-0.1, -0.05) is 0 Å². The molecule has 14 heavy (non-hydrogen) atoms. The predicted octanol–water partition coefficient (Wildman–Crippen LogP) is 1.84. The summed E-state index contributed by atoms with van der Waals surface area (Å²) < 4.78 is 0. The zero-order valence-corrected chi connectivity index (χ0v) is 8.72. The number of rotatable bonds is 2. The number of urea groups is 1. The molecule has 2 amide bonds. The minimum absolute atomic E-state index is 0.219. The number of amides is 2. The van der Waals surface area contributed by atoms with Crippen LogP contribution in [0, 0.1) is 13.8 Å². The van der Waals surface area contributed by atoms with Crippen LogP contribution in [0.1, 0.15) is 18.1 Å². The average Bonchev–Trinajstić information content (AvgIpc) is 2.12. The van der Waals surface area contributed by atoms with Crippen molar-refractivity contribution < 1.29 is 4.79 Å². The second-order valence-electron chi connectivity index (χ2n) is 3.14. The molecule has 0 saturated carbocycles. The number of aryl methyl sites for hydroxylation is 2. The summed E-state index contributed by atoms with van der Waals surface area (Å²) in [7, 11) is 0. The van der Waals surface area contributed by atoms with E-state index in [4.69, 9.17) is 0 Å². The van der Waals surface area contributed by atoms with Gasteiger partial charge in [0.05, 0.1) is 0 Å². The van der Waals surface area contributed by atoms with Crippen molar-refractivity contribution in [2.75, 3.05) is 11.9 Å². The molecule has 1 heterocycles. The van der Waals surface area contributed by atoms with E-state index in [1.807, 2.05) is 26.8 Å². The van der Waals surface area contributed by atoms with Crippen molar-refractivity contribution in [3.63, 3.8) is 0 Å². The summed E-state index contributed by atoms with van der Waals surface area (Å²) in [5.41, 5.74) is 2.23. The van der Waals surface area contributed by atoms with Crippen molar-refractivity contribution in [3.8, 4) is 0 Å². The van der Waals surface area contributed by atoms with Crippen molar-refractivity contribution in [3.05, 3.63) is 23.4 Å². The minimum Gasteiger partial charge on any atom is -0.338 e. The number of nitrogens with one attached hydrogen (secondary N) is 2. The Morgan fingerprint density at radius 1 is 1.43 bits per heavy atom. The summed E-state index contributed by atoms with van der Waals surface area (Å²) in [5, 5.41) is 5.29. The Morgan fingerprint density at radius 2 is 2.14 bits per heavy atom. The van der Waals surface area contributed by atoms with Gasteiger partial charge in [0.2, 0.25) is 0 Å². The highest BCUT2D eigenvalue weighted by molar-refractivity contribution is 5.88. The zero-order valence-electron chi connectivity index (χ0n) is 8.72. The van der Waals surface area contributed by atoms with Crippen LogP contribution in [0.2, 0.25) is 0 Å². The van der Waals surface area contributed by atoms with Crippen molar-refractivity contribution in [1.29, 1.82) is 0 Å². The van der Waals surface area contributed by atoms with Crippen molar-refractivity contribution in [2.24, 2.45) is 0 Å². The number of hydrogen-bond donors (Lipinski definition) is 2. The van der Waals surface area contributed by atoms with E-state index in [1.165, 1.54) is 0 Å². The number of carbonyl (C=O) groups excluding carboxylic acids is 1. The summed E-state index contributed by atoms with van der Waals surface area (Å²) in [5.74, 6) is 0.582. The molecule has 0 radical (unpaired) electrons. The van der Waals surface area contributed by atoms with Gasteiger partial charge in [0.15, 0.2) is 0 Å². The Bertz CT molecular complexity index is 336. The molecule has 0 spiro atoms. The van der Waals surface area contributed by atoms with E-state index >= 15 is 0 Å². The highest BCUT2D eigenvalue weighted by Gasteiger charge is 2.01. The van der Waals surface area contributed by atoms with Crippen molar-refractivity contribution in [1.82, 2.24) is 10.3 Å². The van der Waals surface area contributed by atoms with Crippen LogP contribution in [0.5, 0.6) is 0 Å². The molecular weight excluding hydrogens is 178 g/mol. The molecule has 0 fully saturated rings. The molecule has 0 aromatic carbocycles. The van der Waals surface area contributed by atoms with Crippen LogP contribution < -0.4 is 10.6 Å². The Balaban J connectivity index is 2.68. The number of pyridine rings is 1. The molecule has 4 heteroatoms. The van der Waals surface area contributed by atoms with Gasteiger partial charge in [-0.3, -0.25) is 5.32 Å². The molecular formula is C10H15N3O. The van der Waals surface area contributed by atoms with E-state index in [1.54, 1.807) is 6.20 Å². The largest absolute Gasteiger partial charge is 0.338 e. The van der Waals surface area contributed by atoms with Gasteiger partial charge in [-0.25, -0.2) is 9.78 Å². The Kier molecular flexibility index (Phi) is 3.45. The molecule has 76 valence electrons. The minimum atomic E-state index is -0.219. The smallest absolute Gasteiger partial charge is 0.320 e. The fourth-order valence-corrected chi connectivity index (χ4v) is 1.01. The molecule has 1 rings (SSSR count). The lowest BCUT2D eigenvalue weighted by Gasteiger charge is -2.06. The Labute approximate surface area is 83.7 Å². The van der Waals surface area contributed by atoms with Gasteiger partial charge in [-0.2, -0.15) is 0 Å². The van der Waals surface area contributed by atoms with Crippen LogP contribution in [0.3, 0.4) is 0 Å². The molecule has 0 bridgehead atoms. The number of aromatic nitrogens is 1. The Hall–Kier alpha value is -1.58. The topological polar surface area (TPSA) is 54.0 Å². The SMILES string of the molecule is CCNC(=O)Nc1cc(C)c(C)cn1. The third-order valence-electron chi connectivity index (χ3n) is 1.95. The maximum Gasteiger partial charge on any atom is 0.320 e. The van der Waals surface area contributed by atoms with Crippen LogP contribution in [0.25, 0.3) is 0 Å². The number of nitrogens with zero attached hydrogens (tertiary/aromatic N) is 1. The second-order valence-corrected chi connectivity index (χ2v) is 3.14. The predicted molar refractivity (Wildman–Crippen MR) is 56.4 cm³/mol. The molecule has 0 aliphatic carbocycles. The third kappa shape index (κ3) is 2.73. The summed E-state index contributed by atoms with van der Waals surface area (Å²) in [6, 6.07) is 1.63. The molecule has 0 aliphatic heterocycles. The number of carbonyl (C=O) groups is 1. The molecule has 0 saturated heterocycles. The summed E-state index contributed by atoms with van der Waals surface area (Å²) in [6.07, 6.45) is 1.75. The molecule has 2 N–H and O–H groups in total. The molecule has 0 unspecified atom stereocenters. The first-order valence-electron chi connectivity index (χ1n) is 4.61. The van der Waals surface area contributed by atoms with E-state index in [0.29, 0.717) is 12.4 Å². The van der Waals surface area contributed by atoms with Gasteiger partial charge in [0.1, 0.15) is 5.82 Å². The van der Waals surface area contributed by atoms with E-state index in [2.05, 4.69) is 15.6 Å². The van der Waals surface area contributed by atoms with Gasteiger partial charge in [0, 0.05) is 12.7 Å². The van der Waals surface area contributed by atoms with E-state index < -0.39 is 0 Å². The Morgan fingerprint density at radius 3 is 2.71 bits per heavy atom. The molecule has 0 aliphatic rings. The highest BCUT2D eigenvalue weighted by Crippen LogP contribution is 2.09. The van der Waals surface area contributed by atoms with Crippen LogP contribution in [0.4, 0.5) is 10.6 Å². The normalized spacial score (nSPS) is 9.64. The van der Waals surface area contributed by atoms with E-state index in [0.717, 1.165) is 11.1 Å². The van der Waals surface area contributed by atoms with Gasteiger partial charge >= 0.3 is 6.03 Å². The van der Waals surface area contributed by atoms with E-state index in [-0.39, 0.29) is 6.03 Å². The fraction of sp³-hybridized carbons (Fsp3) is 0.400. The fourth-order valence-electron chi connectivity index (χ4n) is 1.01. The van der Waals surface area contributed by atoms with Crippen LogP contribution in [-0.4, -0.2) is 17.6 Å². The first-order valence-corrected chi connectivity index (χ1v) is 4.61. The second kappa shape index (κ2) is 4.60. The average molecular weight is 193 g/mol. The van der Waals surface area contributed by atoms with Gasteiger partial charge in [0.25, 0.3) is 0 Å². The maximum atomic E-state index is 11.1. The lowest BCUT2D eigenvalue weighted by Crippen LogP contribution is -2.28. The van der Waals surface area contributed by atoms with Crippen molar-refractivity contribution >= 4 is 11.8 Å². The maximum absolute atomic E-state index is 11.1. The first kappa shape index (κ1) is 10.5. The van der Waals surface area contributed by atoms with Crippen molar-refractivity contribution in [2.45, 2.75) is 20.8 Å². The summed E-state index contributed by atoms with van der Waals surface area (Å²) in [4.78, 5) is 15.2.